The third-order valence-electron chi connectivity index (χ3n) is 3.97. The molecule has 0 amide bonds. The smallest absolute Gasteiger partial charge is 0.183 e. The standard InChI is InChI=1S/C16H16FNO2S/c1-10-2-8-13(9-3-10)21(19,20)16-14(15(16)18)11-4-6-12(17)7-5-11/h2-9,14-16H,18H2,1H3/t14-,15+,16+/m1/s1. The van der Waals surface area contributed by atoms with E-state index in [1.807, 2.05) is 6.92 Å². The lowest BCUT2D eigenvalue weighted by molar-refractivity contribution is 0.593. The SMILES string of the molecule is Cc1ccc(S(=O)(=O)[C@@H]2[C@@H](N)[C@H]2c2ccc(F)cc2)cc1. The molecule has 1 saturated carbocycles. The van der Waals surface area contributed by atoms with E-state index in [4.69, 9.17) is 5.73 Å². The summed E-state index contributed by atoms with van der Waals surface area (Å²) < 4.78 is 38.2. The average molecular weight is 305 g/mol. The molecule has 21 heavy (non-hydrogen) atoms. The van der Waals surface area contributed by atoms with Gasteiger partial charge in [0.15, 0.2) is 9.84 Å². The van der Waals surface area contributed by atoms with Gasteiger partial charge < -0.3 is 5.73 Å². The van der Waals surface area contributed by atoms with Crippen molar-refractivity contribution in [2.45, 2.75) is 29.0 Å². The van der Waals surface area contributed by atoms with Crippen LogP contribution in [0.25, 0.3) is 0 Å². The van der Waals surface area contributed by atoms with Crippen LogP contribution in [0, 0.1) is 12.7 Å². The predicted molar refractivity (Wildman–Crippen MR) is 79.3 cm³/mol. The molecule has 1 aliphatic rings. The second kappa shape index (κ2) is 4.93. The van der Waals surface area contributed by atoms with Gasteiger partial charge >= 0.3 is 0 Å². The van der Waals surface area contributed by atoms with Gasteiger partial charge in [0, 0.05) is 12.0 Å². The van der Waals surface area contributed by atoms with Crippen LogP contribution in [0.2, 0.25) is 0 Å². The van der Waals surface area contributed by atoms with Gasteiger partial charge in [-0.1, -0.05) is 29.8 Å². The molecule has 2 aromatic rings. The van der Waals surface area contributed by atoms with Crippen LogP contribution in [0.15, 0.2) is 53.4 Å². The van der Waals surface area contributed by atoms with E-state index in [1.54, 1.807) is 36.4 Å². The zero-order valence-corrected chi connectivity index (χ0v) is 12.3. The van der Waals surface area contributed by atoms with E-state index in [0.717, 1.165) is 11.1 Å². The van der Waals surface area contributed by atoms with Crippen LogP contribution in [-0.4, -0.2) is 19.7 Å². The predicted octanol–water partition coefficient (Wildman–Crippen LogP) is 2.40. The number of hydrogen-bond donors (Lipinski definition) is 1. The highest BCUT2D eigenvalue weighted by Crippen LogP contribution is 2.47. The topological polar surface area (TPSA) is 60.2 Å². The maximum atomic E-state index is 13.0. The monoisotopic (exact) mass is 305 g/mol. The molecule has 0 saturated heterocycles. The van der Waals surface area contributed by atoms with Crippen molar-refractivity contribution in [2.24, 2.45) is 5.73 Å². The molecule has 3 rings (SSSR count). The normalized spacial score (nSPS) is 24.8. The molecule has 0 spiro atoms. The van der Waals surface area contributed by atoms with Gasteiger partial charge in [-0.2, -0.15) is 0 Å². The van der Waals surface area contributed by atoms with Crippen molar-refractivity contribution in [2.75, 3.05) is 0 Å². The summed E-state index contributed by atoms with van der Waals surface area (Å²) >= 11 is 0. The van der Waals surface area contributed by atoms with E-state index >= 15 is 0 Å². The highest BCUT2D eigenvalue weighted by molar-refractivity contribution is 7.92. The fourth-order valence-electron chi connectivity index (χ4n) is 2.69. The molecular weight excluding hydrogens is 289 g/mol. The van der Waals surface area contributed by atoms with Gasteiger partial charge in [0.2, 0.25) is 0 Å². The number of aryl methyl sites for hydroxylation is 1. The van der Waals surface area contributed by atoms with Crippen molar-refractivity contribution in [3.63, 3.8) is 0 Å². The molecule has 0 aliphatic heterocycles. The Morgan fingerprint density at radius 2 is 1.57 bits per heavy atom. The Morgan fingerprint density at radius 1 is 1.00 bits per heavy atom. The van der Waals surface area contributed by atoms with Crippen LogP contribution in [0.4, 0.5) is 4.39 Å². The molecule has 1 fully saturated rings. The molecule has 3 atom stereocenters. The Hall–Kier alpha value is -1.72. The number of benzene rings is 2. The largest absolute Gasteiger partial charge is 0.326 e. The van der Waals surface area contributed by atoms with Gasteiger partial charge in [-0.25, -0.2) is 12.8 Å². The summed E-state index contributed by atoms with van der Waals surface area (Å²) in [7, 11) is -3.46. The Labute approximate surface area is 123 Å². The molecule has 0 bridgehead atoms. The maximum absolute atomic E-state index is 13.0. The van der Waals surface area contributed by atoms with E-state index in [1.165, 1.54) is 12.1 Å². The molecule has 2 aromatic carbocycles. The minimum absolute atomic E-state index is 0.267. The van der Waals surface area contributed by atoms with Gasteiger partial charge in [-0.05, 0) is 36.8 Å². The van der Waals surface area contributed by atoms with Crippen molar-refractivity contribution in [1.29, 1.82) is 0 Å². The van der Waals surface area contributed by atoms with Crippen molar-refractivity contribution in [3.8, 4) is 0 Å². The Kier molecular flexibility index (Phi) is 3.34. The fourth-order valence-corrected chi connectivity index (χ4v) is 4.73. The average Bonchev–Trinajstić information content (AvgIpc) is 3.12. The summed E-state index contributed by atoms with van der Waals surface area (Å²) in [5, 5.41) is -0.634. The van der Waals surface area contributed by atoms with Gasteiger partial charge in [0.25, 0.3) is 0 Å². The number of hydrogen-bond acceptors (Lipinski definition) is 3. The first-order valence-corrected chi connectivity index (χ1v) is 8.27. The summed E-state index contributed by atoms with van der Waals surface area (Å²) in [6.07, 6.45) is 0. The summed E-state index contributed by atoms with van der Waals surface area (Å²) in [4.78, 5) is 0.290. The number of sulfone groups is 1. The zero-order chi connectivity index (χ0) is 15.2. The molecule has 5 heteroatoms. The summed E-state index contributed by atoms with van der Waals surface area (Å²) in [6.45, 7) is 1.90. The van der Waals surface area contributed by atoms with Crippen LogP contribution in [-0.2, 0) is 9.84 Å². The highest BCUT2D eigenvalue weighted by atomic mass is 32.2. The van der Waals surface area contributed by atoms with E-state index in [9.17, 15) is 12.8 Å². The highest BCUT2D eigenvalue weighted by Gasteiger charge is 2.57. The maximum Gasteiger partial charge on any atom is 0.183 e. The molecule has 3 nitrogen and oxygen atoms in total. The van der Waals surface area contributed by atoms with Crippen molar-refractivity contribution >= 4 is 9.84 Å². The van der Waals surface area contributed by atoms with Crippen molar-refractivity contribution in [3.05, 3.63) is 65.5 Å². The Balaban J connectivity index is 1.91. The Bertz CT molecular complexity index is 754. The summed E-state index contributed by atoms with van der Waals surface area (Å²) in [5.41, 5.74) is 7.73. The number of halogens is 1. The number of rotatable bonds is 3. The Morgan fingerprint density at radius 3 is 2.14 bits per heavy atom. The third-order valence-corrected chi connectivity index (χ3v) is 6.22. The second-order valence-corrected chi connectivity index (χ2v) is 7.58. The molecule has 0 aromatic heterocycles. The minimum Gasteiger partial charge on any atom is -0.326 e. The molecule has 0 unspecified atom stereocenters. The van der Waals surface area contributed by atoms with Crippen LogP contribution < -0.4 is 5.73 Å². The molecular formula is C16H16FNO2S. The van der Waals surface area contributed by atoms with Gasteiger partial charge in [-0.3, -0.25) is 0 Å². The van der Waals surface area contributed by atoms with Gasteiger partial charge in [0.1, 0.15) is 5.82 Å². The van der Waals surface area contributed by atoms with E-state index in [0.29, 0.717) is 0 Å². The van der Waals surface area contributed by atoms with E-state index in [-0.39, 0.29) is 16.6 Å². The molecule has 1 aliphatic carbocycles. The number of nitrogens with two attached hydrogens (primary N) is 1. The summed E-state index contributed by atoms with van der Waals surface area (Å²) in [6, 6.07) is 12.2. The molecule has 0 radical (unpaired) electrons. The minimum atomic E-state index is -3.46. The quantitative estimate of drug-likeness (QED) is 0.947. The van der Waals surface area contributed by atoms with E-state index in [2.05, 4.69) is 0 Å². The fraction of sp³-hybridized carbons (Fsp3) is 0.250. The van der Waals surface area contributed by atoms with Gasteiger partial charge in [0.05, 0.1) is 10.1 Å². The molecule has 0 heterocycles. The lowest BCUT2D eigenvalue weighted by Gasteiger charge is -2.04. The van der Waals surface area contributed by atoms with Crippen molar-refractivity contribution < 1.29 is 12.8 Å². The first kappa shape index (κ1) is 14.2. The first-order valence-electron chi connectivity index (χ1n) is 6.73. The van der Waals surface area contributed by atoms with Crippen LogP contribution in [0.5, 0.6) is 0 Å². The lowest BCUT2D eigenvalue weighted by Crippen LogP contribution is -2.15. The van der Waals surface area contributed by atoms with Crippen molar-refractivity contribution in [1.82, 2.24) is 0 Å². The van der Waals surface area contributed by atoms with Gasteiger partial charge in [-0.15, -0.1) is 0 Å². The van der Waals surface area contributed by atoms with Crippen LogP contribution >= 0.6 is 0 Å². The molecule has 2 N–H and O–H groups in total. The molecule has 110 valence electrons. The van der Waals surface area contributed by atoms with Crippen LogP contribution in [0.3, 0.4) is 0 Å². The first-order chi connectivity index (χ1) is 9.91. The van der Waals surface area contributed by atoms with Crippen LogP contribution in [0.1, 0.15) is 17.0 Å². The second-order valence-electron chi connectivity index (χ2n) is 5.48. The third kappa shape index (κ3) is 2.47. The zero-order valence-electron chi connectivity index (χ0n) is 11.5. The summed E-state index contributed by atoms with van der Waals surface area (Å²) in [5.74, 6) is -0.609. The van der Waals surface area contributed by atoms with E-state index < -0.39 is 21.1 Å². The lowest BCUT2D eigenvalue weighted by atomic mass is 10.1.